The number of alkyl halides is 3. The Bertz CT molecular complexity index is 2030. The third-order valence-corrected chi connectivity index (χ3v) is 9.70. The van der Waals surface area contributed by atoms with Gasteiger partial charge >= 0.3 is 5.57 Å². The van der Waals surface area contributed by atoms with Crippen LogP contribution in [0.1, 0.15) is 50.1 Å². The summed E-state index contributed by atoms with van der Waals surface area (Å²) in [7, 11) is 0. The van der Waals surface area contributed by atoms with Crippen molar-refractivity contribution in [1.82, 2.24) is 29.9 Å². The number of ether oxygens (including phenoxy) is 1. The first-order chi connectivity index (χ1) is 24.3. The number of fused-ring (bicyclic) bond motifs is 1. The Morgan fingerprint density at radius 2 is 1.78 bits per heavy atom. The van der Waals surface area contributed by atoms with Gasteiger partial charge in [-0.1, -0.05) is 12.1 Å². The van der Waals surface area contributed by atoms with Gasteiger partial charge in [-0.3, -0.25) is 29.4 Å². The monoisotopic (exact) mass is 736 g/mol. The number of hydrogen-bond donors (Lipinski definition) is 3. The molecule has 0 radical (unpaired) electrons. The molecule has 2 atom stereocenters. The van der Waals surface area contributed by atoms with Crippen LogP contribution in [0.5, 0.6) is 5.75 Å². The van der Waals surface area contributed by atoms with Gasteiger partial charge in [-0.15, -0.1) is 21.4 Å². The minimum atomic E-state index is -3.83. The summed E-state index contributed by atoms with van der Waals surface area (Å²) in [6.45, 7) is 3.22. The molecule has 0 aliphatic carbocycles. The van der Waals surface area contributed by atoms with E-state index in [4.69, 9.17) is 30.0 Å². The first kappa shape index (κ1) is 34.4. The number of nitrogens with one attached hydrogen (secondary N) is 1. The molecule has 4 aromatic rings. The van der Waals surface area contributed by atoms with E-state index in [9.17, 15) is 28.0 Å². The van der Waals surface area contributed by atoms with Gasteiger partial charge in [-0.05, 0) is 60.0 Å². The number of anilines is 1. The minimum absolute atomic E-state index is 0.112. The summed E-state index contributed by atoms with van der Waals surface area (Å²) in [6, 6.07) is 14.1. The largest absolute Gasteiger partial charge is 0.487 e. The van der Waals surface area contributed by atoms with Crippen molar-refractivity contribution in [3.05, 3.63) is 89.2 Å². The number of benzene rings is 2. The second kappa shape index (κ2) is 13.6. The quantitative estimate of drug-likeness (QED) is 0.133. The molecule has 2 aromatic heterocycles. The van der Waals surface area contributed by atoms with E-state index in [2.05, 4.69) is 29.9 Å². The number of nitrogens with two attached hydrogens (primary N) is 1. The van der Waals surface area contributed by atoms with Gasteiger partial charge < -0.3 is 20.3 Å². The molecular formula is C34H31ClF2N8O5S. The van der Waals surface area contributed by atoms with E-state index in [0.717, 1.165) is 11.1 Å². The second-order valence-corrected chi connectivity index (χ2v) is 13.3. The van der Waals surface area contributed by atoms with E-state index in [-0.39, 0.29) is 36.0 Å². The van der Waals surface area contributed by atoms with Crippen LogP contribution in [0.15, 0.2) is 67.0 Å². The summed E-state index contributed by atoms with van der Waals surface area (Å²) in [5.41, 5.74) is 5.89. The summed E-state index contributed by atoms with van der Waals surface area (Å²) in [5, 5.41) is 6.37. The Morgan fingerprint density at radius 1 is 1.04 bits per heavy atom. The standard InChI is InChI=1S/C34H31ClF2N8O5S/c35-34(36,37)50-22-4-2-21(3-5-22)44-10-9-26(41-44)25-16-20(29(38)47)17-39-30(25)43-13-11-42(12-14-43)18-19-1-6-23-24(15-19)33(51)45(32(23)49)27-7-8-28(46)40-31(27)48/h1-6,9-10,15-17,27,33,51H,7-8,11-14,18H2,(H2,38,47)(H,40,46,48). The van der Waals surface area contributed by atoms with E-state index in [1.54, 1.807) is 41.2 Å². The van der Waals surface area contributed by atoms with Crippen molar-refractivity contribution in [3.63, 3.8) is 0 Å². The Balaban J connectivity index is 1.04. The van der Waals surface area contributed by atoms with Crippen molar-refractivity contribution in [3.8, 4) is 22.7 Å². The van der Waals surface area contributed by atoms with Gasteiger partial charge in [0.25, 0.3) is 5.91 Å². The van der Waals surface area contributed by atoms with Crippen LogP contribution in [-0.4, -0.2) is 86.0 Å². The third-order valence-electron chi connectivity index (χ3n) is 9.10. The Kier molecular flexibility index (Phi) is 9.16. The first-order valence-corrected chi connectivity index (χ1v) is 16.9. The molecule has 3 N–H and O–H groups in total. The van der Waals surface area contributed by atoms with Crippen molar-refractivity contribution in [2.45, 2.75) is 36.4 Å². The first-order valence-electron chi connectivity index (χ1n) is 16.0. The summed E-state index contributed by atoms with van der Waals surface area (Å²) >= 11 is 9.57. The van der Waals surface area contributed by atoms with Crippen molar-refractivity contribution in [1.29, 1.82) is 0 Å². The number of pyridine rings is 1. The SMILES string of the molecule is NC(=O)c1cnc(N2CCN(Cc3ccc4c(c3)C(S)N(C3CCC(=O)NC3=O)C4=O)CC2)c(-c2ccn(-c3ccc(OC(F)(F)Cl)cc3)n2)c1. The maximum Gasteiger partial charge on any atom is 0.487 e. The lowest BCUT2D eigenvalue weighted by atomic mass is 10.0. The van der Waals surface area contributed by atoms with Crippen LogP contribution in [0, 0.1) is 0 Å². The molecule has 7 rings (SSSR count). The summed E-state index contributed by atoms with van der Waals surface area (Å²) < 4.78 is 32.0. The van der Waals surface area contributed by atoms with Crippen LogP contribution in [0.2, 0.25) is 0 Å². The average molecular weight is 737 g/mol. The number of halogens is 3. The Labute approximate surface area is 300 Å². The number of nitrogens with zero attached hydrogens (tertiary/aromatic N) is 6. The van der Waals surface area contributed by atoms with Gasteiger partial charge in [0.1, 0.15) is 23.0 Å². The zero-order valence-electron chi connectivity index (χ0n) is 26.8. The highest BCUT2D eigenvalue weighted by molar-refractivity contribution is 7.80. The topological polar surface area (TPSA) is 156 Å². The van der Waals surface area contributed by atoms with Crippen molar-refractivity contribution >= 4 is 53.7 Å². The highest BCUT2D eigenvalue weighted by Crippen LogP contribution is 2.40. The lowest BCUT2D eigenvalue weighted by Crippen LogP contribution is -2.53. The second-order valence-electron chi connectivity index (χ2n) is 12.4. The van der Waals surface area contributed by atoms with Gasteiger partial charge in [0, 0.05) is 74.3 Å². The van der Waals surface area contributed by atoms with E-state index < -0.39 is 28.8 Å². The molecule has 0 spiro atoms. The molecule has 0 bridgehead atoms. The van der Waals surface area contributed by atoms with E-state index in [1.807, 2.05) is 12.1 Å². The van der Waals surface area contributed by atoms with Crippen molar-refractivity contribution < 1.29 is 32.7 Å². The number of imide groups is 1. The molecule has 13 nitrogen and oxygen atoms in total. The van der Waals surface area contributed by atoms with Gasteiger partial charge in [0.2, 0.25) is 17.7 Å². The maximum absolute atomic E-state index is 13.2. The fraction of sp³-hybridized carbons (Fsp3) is 0.294. The number of carbonyl (C=O) groups excluding carboxylic acids is 4. The van der Waals surface area contributed by atoms with E-state index in [1.165, 1.54) is 23.2 Å². The molecule has 0 saturated carbocycles. The summed E-state index contributed by atoms with van der Waals surface area (Å²) in [6.07, 6.45) is 3.56. The van der Waals surface area contributed by atoms with E-state index in [0.29, 0.717) is 61.0 Å². The van der Waals surface area contributed by atoms with Gasteiger partial charge in [-0.2, -0.15) is 5.10 Å². The molecule has 2 saturated heterocycles. The Hall–Kier alpha value is -5.06. The number of piperidine rings is 1. The van der Waals surface area contributed by atoms with Crippen molar-refractivity contribution in [2.75, 3.05) is 31.1 Å². The average Bonchev–Trinajstić information content (AvgIpc) is 3.68. The lowest BCUT2D eigenvalue weighted by molar-refractivity contribution is -0.137. The number of primary amides is 1. The summed E-state index contributed by atoms with van der Waals surface area (Å²) in [5.74, 6) is -1.23. The predicted octanol–water partition coefficient (Wildman–Crippen LogP) is 3.71. The number of amides is 4. The van der Waals surface area contributed by atoms with Crippen LogP contribution in [0.3, 0.4) is 0 Å². The molecule has 264 valence electrons. The number of rotatable bonds is 9. The molecule has 51 heavy (non-hydrogen) atoms. The fourth-order valence-corrected chi connectivity index (χ4v) is 7.17. The number of aromatic nitrogens is 3. The molecule has 2 unspecified atom stereocenters. The molecule has 5 heterocycles. The number of piperazine rings is 1. The fourth-order valence-electron chi connectivity index (χ4n) is 6.60. The van der Waals surface area contributed by atoms with E-state index >= 15 is 0 Å². The number of carbonyl (C=O) groups is 4. The lowest BCUT2D eigenvalue weighted by Gasteiger charge is -2.36. The third kappa shape index (κ3) is 7.11. The van der Waals surface area contributed by atoms with Crippen LogP contribution in [-0.2, 0) is 16.1 Å². The molecule has 2 fully saturated rings. The number of hydrogen-bond acceptors (Lipinski definition) is 10. The van der Waals surface area contributed by atoms with Gasteiger partial charge in [0.15, 0.2) is 0 Å². The zero-order chi connectivity index (χ0) is 36.0. The van der Waals surface area contributed by atoms with Crippen molar-refractivity contribution in [2.24, 2.45) is 5.73 Å². The minimum Gasteiger partial charge on any atom is -0.420 e. The normalized spacial score (nSPS) is 19.6. The smallest absolute Gasteiger partial charge is 0.420 e. The molecular weight excluding hydrogens is 706 g/mol. The maximum atomic E-state index is 13.2. The Morgan fingerprint density at radius 3 is 2.47 bits per heavy atom. The number of thiol groups is 1. The zero-order valence-corrected chi connectivity index (χ0v) is 28.5. The van der Waals surface area contributed by atoms with Gasteiger partial charge in [-0.25, -0.2) is 9.67 Å². The molecule has 3 aliphatic heterocycles. The summed E-state index contributed by atoms with van der Waals surface area (Å²) in [4.78, 5) is 60.0. The van der Waals surface area contributed by atoms with Gasteiger partial charge in [0.05, 0.1) is 16.9 Å². The van der Waals surface area contributed by atoms with Crippen LogP contribution < -0.4 is 20.7 Å². The predicted molar refractivity (Wildman–Crippen MR) is 185 cm³/mol. The molecule has 3 aliphatic rings. The molecule has 17 heteroatoms. The highest BCUT2D eigenvalue weighted by Gasteiger charge is 2.43. The molecule has 4 amide bonds. The van der Waals surface area contributed by atoms with Crippen LogP contribution in [0.4, 0.5) is 14.6 Å². The highest BCUT2D eigenvalue weighted by atomic mass is 35.5. The molecule has 2 aromatic carbocycles. The van der Waals surface area contributed by atoms with Crippen LogP contribution in [0.25, 0.3) is 16.9 Å². The van der Waals surface area contributed by atoms with Crippen LogP contribution >= 0.6 is 24.2 Å².